The highest BCUT2D eigenvalue weighted by atomic mass is 16.5. The van der Waals surface area contributed by atoms with Crippen LogP contribution in [0.15, 0.2) is 54.7 Å². The Hall–Kier alpha value is -2.75. The van der Waals surface area contributed by atoms with Crippen molar-refractivity contribution in [2.75, 3.05) is 7.11 Å². The zero-order valence-corrected chi connectivity index (χ0v) is 12.8. The van der Waals surface area contributed by atoms with Crippen molar-refractivity contribution in [3.63, 3.8) is 0 Å². The molecule has 0 aliphatic rings. The minimum Gasteiger partial charge on any atom is -0.497 e. The third kappa shape index (κ3) is 4.98. The van der Waals surface area contributed by atoms with E-state index in [9.17, 15) is 4.79 Å². The van der Waals surface area contributed by atoms with Crippen LogP contribution in [0.25, 0.3) is 6.08 Å². The summed E-state index contributed by atoms with van der Waals surface area (Å²) in [6.45, 7) is 2.50. The Morgan fingerprint density at radius 2 is 1.95 bits per heavy atom. The van der Waals surface area contributed by atoms with Gasteiger partial charge in [0, 0.05) is 12.7 Å². The van der Waals surface area contributed by atoms with Gasteiger partial charge in [-0.1, -0.05) is 42.0 Å². The number of aryl methyl sites for hydroxylation is 1. The van der Waals surface area contributed by atoms with E-state index in [0.717, 1.165) is 16.9 Å². The highest BCUT2D eigenvalue weighted by Gasteiger charge is 1.98. The molecule has 0 atom stereocenters. The molecule has 0 saturated heterocycles. The van der Waals surface area contributed by atoms with Crippen molar-refractivity contribution in [1.82, 2.24) is 10.6 Å². The Morgan fingerprint density at radius 1 is 1.18 bits per heavy atom. The van der Waals surface area contributed by atoms with Crippen LogP contribution in [0.4, 0.5) is 4.79 Å². The number of hydrogen-bond donors (Lipinski definition) is 2. The Balaban J connectivity index is 1.77. The Labute approximate surface area is 130 Å². The average molecular weight is 296 g/mol. The maximum Gasteiger partial charge on any atom is 0.319 e. The minimum absolute atomic E-state index is 0.236. The molecular weight excluding hydrogens is 276 g/mol. The van der Waals surface area contributed by atoms with Gasteiger partial charge in [-0.3, -0.25) is 0 Å². The fourth-order valence-corrected chi connectivity index (χ4v) is 1.96. The number of rotatable bonds is 5. The largest absolute Gasteiger partial charge is 0.497 e. The maximum absolute atomic E-state index is 11.7. The summed E-state index contributed by atoms with van der Waals surface area (Å²) >= 11 is 0. The summed E-state index contributed by atoms with van der Waals surface area (Å²) in [6.07, 6.45) is 3.50. The van der Waals surface area contributed by atoms with Gasteiger partial charge in [-0.25, -0.2) is 4.79 Å². The predicted molar refractivity (Wildman–Crippen MR) is 88.6 cm³/mol. The maximum atomic E-state index is 11.7. The molecule has 0 aliphatic carbocycles. The second-order valence-electron chi connectivity index (χ2n) is 4.92. The molecule has 2 aromatic carbocycles. The van der Waals surface area contributed by atoms with Crippen LogP contribution in [0, 0.1) is 6.92 Å². The fourth-order valence-electron chi connectivity index (χ4n) is 1.96. The summed E-state index contributed by atoms with van der Waals surface area (Å²) in [6, 6.07) is 15.4. The van der Waals surface area contributed by atoms with Gasteiger partial charge in [0.2, 0.25) is 0 Å². The third-order valence-corrected chi connectivity index (χ3v) is 3.14. The van der Waals surface area contributed by atoms with Crippen LogP contribution in [-0.4, -0.2) is 13.1 Å². The first kappa shape index (κ1) is 15.6. The van der Waals surface area contributed by atoms with Crippen LogP contribution in [-0.2, 0) is 6.54 Å². The molecule has 2 rings (SSSR count). The van der Waals surface area contributed by atoms with E-state index in [1.54, 1.807) is 13.3 Å². The summed E-state index contributed by atoms with van der Waals surface area (Å²) in [5.74, 6) is 0.800. The smallest absolute Gasteiger partial charge is 0.319 e. The van der Waals surface area contributed by atoms with E-state index in [4.69, 9.17) is 4.74 Å². The van der Waals surface area contributed by atoms with Crippen molar-refractivity contribution < 1.29 is 9.53 Å². The Bertz CT molecular complexity index is 648. The molecular formula is C18H20N2O2. The van der Waals surface area contributed by atoms with E-state index in [1.807, 2.05) is 61.5 Å². The molecule has 0 fully saturated rings. The minimum atomic E-state index is -0.236. The summed E-state index contributed by atoms with van der Waals surface area (Å²) in [7, 11) is 1.63. The van der Waals surface area contributed by atoms with Crippen molar-refractivity contribution in [3.8, 4) is 5.75 Å². The van der Waals surface area contributed by atoms with E-state index in [2.05, 4.69) is 10.6 Å². The highest BCUT2D eigenvalue weighted by Crippen LogP contribution is 2.10. The van der Waals surface area contributed by atoms with Crippen molar-refractivity contribution in [2.45, 2.75) is 13.5 Å². The number of ether oxygens (including phenoxy) is 1. The number of benzene rings is 2. The molecule has 0 aromatic heterocycles. The molecule has 2 aromatic rings. The molecule has 2 N–H and O–H groups in total. The molecule has 22 heavy (non-hydrogen) atoms. The summed E-state index contributed by atoms with van der Waals surface area (Å²) < 4.78 is 5.09. The van der Waals surface area contributed by atoms with Crippen LogP contribution < -0.4 is 15.4 Å². The zero-order valence-electron chi connectivity index (χ0n) is 12.8. The SMILES string of the molecule is COc1ccc(CNC(=O)N/C=C/c2cccc(C)c2)cc1. The van der Waals surface area contributed by atoms with Gasteiger partial charge in [-0.05, 0) is 36.3 Å². The second-order valence-corrected chi connectivity index (χ2v) is 4.92. The van der Waals surface area contributed by atoms with Crippen LogP contribution in [0.3, 0.4) is 0 Å². The predicted octanol–water partition coefficient (Wildman–Crippen LogP) is 3.47. The lowest BCUT2D eigenvalue weighted by atomic mass is 10.1. The van der Waals surface area contributed by atoms with Crippen molar-refractivity contribution in [2.24, 2.45) is 0 Å². The summed E-state index contributed by atoms with van der Waals surface area (Å²) in [4.78, 5) is 11.7. The summed E-state index contributed by atoms with van der Waals surface area (Å²) in [5, 5.41) is 5.48. The number of carbonyl (C=O) groups is 1. The zero-order chi connectivity index (χ0) is 15.8. The van der Waals surface area contributed by atoms with Gasteiger partial charge in [0.05, 0.1) is 7.11 Å². The van der Waals surface area contributed by atoms with Gasteiger partial charge >= 0.3 is 6.03 Å². The van der Waals surface area contributed by atoms with Crippen LogP contribution >= 0.6 is 0 Å². The molecule has 0 radical (unpaired) electrons. The van der Waals surface area contributed by atoms with E-state index >= 15 is 0 Å². The number of hydrogen-bond acceptors (Lipinski definition) is 2. The van der Waals surface area contributed by atoms with E-state index < -0.39 is 0 Å². The number of nitrogens with one attached hydrogen (secondary N) is 2. The van der Waals surface area contributed by atoms with Crippen LogP contribution in [0.5, 0.6) is 5.75 Å². The lowest BCUT2D eigenvalue weighted by Crippen LogP contribution is -2.31. The Kier molecular flexibility index (Phi) is 5.60. The van der Waals surface area contributed by atoms with Crippen molar-refractivity contribution in [1.29, 1.82) is 0 Å². The second kappa shape index (κ2) is 7.88. The summed E-state index contributed by atoms with van der Waals surface area (Å²) in [5.41, 5.74) is 3.25. The Morgan fingerprint density at radius 3 is 2.64 bits per heavy atom. The van der Waals surface area contributed by atoms with Crippen molar-refractivity contribution in [3.05, 3.63) is 71.4 Å². The number of methoxy groups -OCH3 is 1. The molecule has 0 aliphatic heterocycles. The van der Waals surface area contributed by atoms with E-state index in [1.165, 1.54) is 5.56 Å². The molecule has 0 heterocycles. The molecule has 114 valence electrons. The first-order valence-corrected chi connectivity index (χ1v) is 7.08. The van der Waals surface area contributed by atoms with Gasteiger partial charge in [-0.2, -0.15) is 0 Å². The number of amides is 2. The number of carbonyl (C=O) groups excluding carboxylic acids is 1. The van der Waals surface area contributed by atoms with E-state index in [-0.39, 0.29) is 6.03 Å². The van der Waals surface area contributed by atoms with Gasteiger partial charge in [0.1, 0.15) is 5.75 Å². The first-order valence-electron chi connectivity index (χ1n) is 7.08. The monoisotopic (exact) mass is 296 g/mol. The van der Waals surface area contributed by atoms with Crippen LogP contribution in [0.2, 0.25) is 0 Å². The molecule has 4 nitrogen and oxygen atoms in total. The third-order valence-electron chi connectivity index (χ3n) is 3.14. The topological polar surface area (TPSA) is 50.4 Å². The molecule has 0 spiro atoms. The molecule has 0 unspecified atom stereocenters. The molecule has 0 saturated carbocycles. The average Bonchev–Trinajstić information content (AvgIpc) is 2.53. The lowest BCUT2D eigenvalue weighted by Gasteiger charge is -2.06. The van der Waals surface area contributed by atoms with Gasteiger partial charge in [-0.15, -0.1) is 0 Å². The lowest BCUT2D eigenvalue weighted by molar-refractivity contribution is 0.244. The van der Waals surface area contributed by atoms with Gasteiger partial charge < -0.3 is 15.4 Å². The standard InChI is InChI=1S/C18H20N2O2/c1-14-4-3-5-15(12-14)10-11-19-18(21)20-13-16-6-8-17(22-2)9-7-16/h3-12H,13H2,1-2H3,(H2,19,20,21)/b11-10+. The fraction of sp³-hybridized carbons (Fsp3) is 0.167. The molecule has 4 heteroatoms. The molecule has 2 amide bonds. The van der Waals surface area contributed by atoms with E-state index in [0.29, 0.717) is 6.54 Å². The number of urea groups is 1. The van der Waals surface area contributed by atoms with Crippen LogP contribution in [0.1, 0.15) is 16.7 Å². The van der Waals surface area contributed by atoms with Gasteiger partial charge in [0.15, 0.2) is 0 Å². The first-order chi connectivity index (χ1) is 10.7. The quantitative estimate of drug-likeness (QED) is 0.887. The van der Waals surface area contributed by atoms with Gasteiger partial charge in [0.25, 0.3) is 0 Å². The molecule has 0 bridgehead atoms. The normalized spacial score (nSPS) is 10.5. The highest BCUT2D eigenvalue weighted by molar-refractivity contribution is 5.75. The van der Waals surface area contributed by atoms with Crippen molar-refractivity contribution >= 4 is 12.1 Å².